The van der Waals surface area contributed by atoms with E-state index in [1.165, 1.54) is 6.07 Å². The third-order valence-electron chi connectivity index (χ3n) is 3.39. The molecule has 0 unspecified atom stereocenters. The first-order valence-corrected chi connectivity index (χ1v) is 6.33. The van der Waals surface area contributed by atoms with Crippen LogP contribution in [0.15, 0.2) is 18.2 Å². The van der Waals surface area contributed by atoms with E-state index in [-0.39, 0.29) is 17.5 Å². The van der Waals surface area contributed by atoms with Gasteiger partial charge in [-0.15, -0.1) is 0 Å². The Morgan fingerprint density at radius 2 is 2.00 bits per heavy atom. The summed E-state index contributed by atoms with van der Waals surface area (Å²) in [5.41, 5.74) is -0.355. The summed E-state index contributed by atoms with van der Waals surface area (Å²) in [6, 6.07) is 3.15. The molecular weight excluding hydrogens is 251 g/mol. The molecule has 0 atom stereocenters. The van der Waals surface area contributed by atoms with E-state index in [1.807, 2.05) is 0 Å². The van der Waals surface area contributed by atoms with Gasteiger partial charge >= 0.3 is 0 Å². The molecule has 0 aliphatic heterocycles. The van der Waals surface area contributed by atoms with Gasteiger partial charge in [-0.25, -0.2) is 4.39 Å². The highest BCUT2D eigenvalue weighted by atomic mass is 19.1. The van der Waals surface area contributed by atoms with Gasteiger partial charge in [-0.2, -0.15) is 0 Å². The van der Waals surface area contributed by atoms with E-state index in [4.69, 9.17) is 0 Å². The van der Waals surface area contributed by atoms with Crippen LogP contribution in [0.2, 0.25) is 0 Å². The number of nitrogens with one attached hydrogen (secondary N) is 1. The highest BCUT2D eigenvalue weighted by molar-refractivity contribution is 5.94. The number of carbonyl (C=O) groups is 1. The van der Waals surface area contributed by atoms with Crippen LogP contribution in [0.3, 0.4) is 0 Å². The van der Waals surface area contributed by atoms with Crippen molar-refractivity contribution in [2.45, 2.75) is 32.1 Å². The topological polar surface area (TPSA) is 72.2 Å². The smallest absolute Gasteiger partial charge is 0.295 e. The summed E-state index contributed by atoms with van der Waals surface area (Å²) in [6.07, 6.45) is 4.75. The van der Waals surface area contributed by atoms with Crippen molar-refractivity contribution in [1.29, 1.82) is 0 Å². The van der Waals surface area contributed by atoms with Crippen LogP contribution in [0.25, 0.3) is 0 Å². The molecule has 1 N–H and O–H groups in total. The second kappa shape index (κ2) is 5.77. The summed E-state index contributed by atoms with van der Waals surface area (Å²) in [5, 5.41) is 13.4. The van der Waals surface area contributed by atoms with E-state index >= 15 is 0 Å². The SMILES string of the molecule is O=C(Nc1ccc(F)cc1[N+](=O)[O-])C1CCCCC1. The molecular formula is C13H15FN2O3. The van der Waals surface area contributed by atoms with Gasteiger partial charge in [-0.3, -0.25) is 14.9 Å². The fourth-order valence-corrected chi connectivity index (χ4v) is 2.36. The second-order valence-electron chi connectivity index (χ2n) is 4.74. The van der Waals surface area contributed by atoms with Gasteiger partial charge < -0.3 is 5.32 Å². The summed E-state index contributed by atoms with van der Waals surface area (Å²) in [5.74, 6) is -1.00. The first-order chi connectivity index (χ1) is 9.08. The van der Waals surface area contributed by atoms with Gasteiger partial charge in [0.15, 0.2) is 0 Å². The number of benzene rings is 1. The zero-order valence-electron chi connectivity index (χ0n) is 10.4. The largest absolute Gasteiger partial charge is 0.320 e. The van der Waals surface area contributed by atoms with E-state index in [2.05, 4.69) is 5.32 Å². The third-order valence-corrected chi connectivity index (χ3v) is 3.39. The Hall–Kier alpha value is -1.98. The van der Waals surface area contributed by atoms with E-state index in [0.717, 1.165) is 44.2 Å². The number of amides is 1. The number of rotatable bonds is 3. The average Bonchev–Trinajstić information content (AvgIpc) is 2.41. The van der Waals surface area contributed by atoms with Gasteiger partial charge in [0.1, 0.15) is 11.5 Å². The molecule has 0 heterocycles. The molecule has 1 saturated carbocycles. The van der Waals surface area contributed by atoms with E-state index in [1.54, 1.807) is 0 Å². The monoisotopic (exact) mass is 266 g/mol. The lowest BCUT2D eigenvalue weighted by atomic mass is 9.88. The van der Waals surface area contributed by atoms with Crippen LogP contribution in [-0.4, -0.2) is 10.8 Å². The Morgan fingerprint density at radius 1 is 1.32 bits per heavy atom. The Bertz CT molecular complexity index is 499. The molecule has 1 aliphatic carbocycles. The van der Waals surface area contributed by atoms with Gasteiger partial charge in [0.25, 0.3) is 5.69 Å². The first kappa shape index (κ1) is 13.5. The molecule has 0 saturated heterocycles. The molecule has 102 valence electrons. The lowest BCUT2D eigenvalue weighted by Crippen LogP contribution is -2.25. The molecule has 19 heavy (non-hydrogen) atoms. The summed E-state index contributed by atoms with van der Waals surface area (Å²) in [7, 11) is 0. The Balaban J connectivity index is 2.13. The maximum atomic E-state index is 13.0. The normalized spacial score (nSPS) is 16.1. The van der Waals surface area contributed by atoms with Crippen molar-refractivity contribution >= 4 is 17.3 Å². The van der Waals surface area contributed by atoms with E-state index in [9.17, 15) is 19.3 Å². The summed E-state index contributed by atoms with van der Waals surface area (Å²) in [4.78, 5) is 22.1. The molecule has 1 aromatic carbocycles. The Morgan fingerprint density at radius 3 is 2.63 bits per heavy atom. The molecule has 5 nitrogen and oxygen atoms in total. The van der Waals surface area contributed by atoms with Crippen molar-refractivity contribution in [1.82, 2.24) is 0 Å². The second-order valence-corrected chi connectivity index (χ2v) is 4.74. The molecule has 0 aromatic heterocycles. The van der Waals surface area contributed by atoms with Crippen LogP contribution in [0.1, 0.15) is 32.1 Å². The molecule has 6 heteroatoms. The molecule has 1 fully saturated rings. The Kier molecular flexibility index (Phi) is 4.09. The number of anilines is 1. The predicted octanol–water partition coefficient (Wildman–Crippen LogP) is 3.25. The maximum absolute atomic E-state index is 13.0. The highest BCUT2D eigenvalue weighted by Crippen LogP contribution is 2.28. The van der Waals surface area contributed by atoms with Gasteiger partial charge in [-0.05, 0) is 25.0 Å². The fourth-order valence-electron chi connectivity index (χ4n) is 2.36. The van der Waals surface area contributed by atoms with Crippen molar-refractivity contribution in [3.05, 3.63) is 34.1 Å². The van der Waals surface area contributed by atoms with Gasteiger partial charge in [0.2, 0.25) is 5.91 Å². The quantitative estimate of drug-likeness (QED) is 0.674. The van der Waals surface area contributed by atoms with Crippen molar-refractivity contribution in [3.63, 3.8) is 0 Å². The summed E-state index contributed by atoms with van der Waals surface area (Å²) < 4.78 is 13.0. The predicted molar refractivity (Wildman–Crippen MR) is 68.3 cm³/mol. The van der Waals surface area contributed by atoms with Crippen LogP contribution in [0.5, 0.6) is 0 Å². The number of hydrogen-bond donors (Lipinski definition) is 1. The number of nitro benzene ring substituents is 1. The molecule has 0 radical (unpaired) electrons. The van der Waals surface area contributed by atoms with Gasteiger partial charge in [0, 0.05) is 5.92 Å². The highest BCUT2D eigenvalue weighted by Gasteiger charge is 2.24. The summed E-state index contributed by atoms with van der Waals surface area (Å²) >= 11 is 0. The number of nitrogens with zero attached hydrogens (tertiary/aromatic N) is 1. The van der Waals surface area contributed by atoms with E-state index < -0.39 is 16.4 Å². The standard InChI is InChI=1S/C13H15FN2O3/c14-10-6-7-11(12(8-10)16(18)19)15-13(17)9-4-2-1-3-5-9/h6-9H,1-5H2,(H,15,17). The number of nitro groups is 1. The zero-order chi connectivity index (χ0) is 13.8. The molecule has 1 aliphatic rings. The van der Waals surface area contributed by atoms with Crippen LogP contribution in [-0.2, 0) is 4.79 Å². The van der Waals surface area contributed by atoms with Crippen molar-refractivity contribution < 1.29 is 14.1 Å². The van der Waals surface area contributed by atoms with Crippen molar-refractivity contribution in [3.8, 4) is 0 Å². The number of carbonyl (C=O) groups excluding carboxylic acids is 1. The van der Waals surface area contributed by atoms with E-state index in [0.29, 0.717) is 0 Å². The number of hydrogen-bond acceptors (Lipinski definition) is 3. The van der Waals surface area contributed by atoms with Crippen molar-refractivity contribution in [2.75, 3.05) is 5.32 Å². The molecule has 2 rings (SSSR count). The Labute approximate surface area is 110 Å². The maximum Gasteiger partial charge on any atom is 0.295 e. The third kappa shape index (κ3) is 3.27. The van der Waals surface area contributed by atoms with Gasteiger partial charge in [0.05, 0.1) is 11.0 Å². The number of halogens is 1. The van der Waals surface area contributed by atoms with Crippen LogP contribution < -0.4 is 5.32 Å². The minimum atomic E-state index is -0.695. The lowest BCUT2D eigenvalue weighted by molar-refractivity contribution is -0.384. The zero-order valence-corrected chi connectivity index (χ0v) is 10.4. The molecule has 1 aromatic rings. The minimum absolute atomic E-state index is 0.0574. The summed E-state index contributed by atoms with van der Waals surface area (Å²) in [6.45, 7) is 0. The molecule has 0 spiro atoms. The average molecular weight is 266 g/mol. The molecule has 1 amide bonds. The van der Waals surface area contributed by atoms with Crippen LogP contribution in [0, 0.1) is 21.8 Å². The van der Waals surface area contributed by atoms with Crippen LogP contribution >= 0.6 is 0 Å². The fraction of sp³-hybridized carbons (Fsp3) is 0.462. The first-order valence-electron chi connectivity index (χ1n) is 6.33. The van der Waals surface area contributed by atoms with Crippen molar-refractivity contribution in [2.24, 2.45) is 5.92 Å². The lowest BCUT2D eigenvalue weighted by Gasteiger charge is -2.20. The molecule has 0 bridgehead atoms. The van der Waals surface area contributed by atoms with Crippen LogP contribution in [0.4, 0.5) is 15.8 Å². The minimum Gasteiger partial charge on any atom is -0.320 e. The van der Waals surface area contributed by atoms with Gasteiger partial charge in [-0.1, -0.05) is 19.3 Å².